The lowest BCUT2D eigenvalue weighted by Crippen LogP contribution is -2.46. The molecule has 5 rings (SSSR count). The van der Waals surface area contributed by atoms with E-state index in [1.807, 2.05) is 19.2 Å². The number of nitrogens with one attached hydrogen (secondary N) is 2. The number of anilines is 1. The van der Waals surface area contributed by atoms with Crippen LogP contribution in [0, 0.1) is 17.3 Å². The van der Waals surface area contributed by atoms with Crippen LogP contribution in [0.1, 0.15) is 64.5 Å². The lowest BCUT2D eigenvalue weighted by Gasteiger charge is -2.40. The predicted octanol–water partition coefficient (Wildman–Crippen LogP) is 3.70. The fourth-order valence-electron chi connectivity index (χ4n) is 6.77. The third-order valence-electron chi connectivity index (χ3n) is 8.17. The largest absolute Gasteiger partial charge is 0.465 e. The zero-order valence-electron chi connectivity index (χ0n) is 20.9. The molecule has 3 heterocycles. The second-order valence-corrected chi connectivity index (χ2v) is 11.6. The minimum absolute atomic E-state index is 0.0578. The molecule has 9 nitrogen and oxygen atoms in total. The molecular weight excluding hydrogens is 446 g/mol. The van der Waals surface area contributed by atoms with Gasteiger partial charge in [0.15, 0.2) is 0 Å². The van der Waals surface area contributed by atoms with Gasteiger partial charge < -0.3 is 15.3 Å². The molecule has 188 valence electrons. The summed E-state index contributed by atoms with van der Waals surface area (Å²) >= 11 is 0. The Morgan fingerprint density at radius 1 is 1.20 bits per heavy atom. The predicted molar refractivity (Wildman–Crippen MR) is 132 cm³/mol. The fraction of sp³-hybridized carbons (Fsp3) is 0.615. The van der Waals surface area contributed by atoms with E-state index in [1.54, 1.807) is 9.58 Å². The van der Waals surface area contributed by atoms with Crippen LogP contribution in [0.3, 0.4) is 0 Å². The van der Waals surface area contributed by atoms with Crippen LogP contribution in [0.4, 0.5) is 10.5 Å². The maximum absolute atomic E-state index is 12.4. The Morgan fingerprint density at radius 3 is 2.66 bits per heavy atom. The first-order chi connectivity index (χ1) is 16.5. The summed E-state index contributed by atoms with van der Waals surface area (Å²) in [7, 11) is 1.87. The molecule has 0 bridgehead atoms. The number of amides is 3. The van der Waals surface area contributed by atoms with Gasteiger partial charge in [-0.05, 0) is 61.1 Å². The van der Waals surface area contributed by atoms with E-state index in [1.165, 1.54) is 0 Å². The van der Waals surface area contributed by atoms with Gasteiger partial charge in [0.05, 0.1) is 17.1 Å². The second kappa shape index (κ2) is 8.53. The van der Waals surface area contributed by atoms with E-state index in [2.05, 4.69) is 42.6 Å². The van der Waals surface area contributed by atoms with Crippen LogP contribution in [-0.4, -0.2) is 56.3 Å². The van der Waals surface area contributed by atoms with Gasteiger partial charge in [0.1, 0.15) is 0 Å². The summed E-state index contributed by atoms with van der Waals surface area (Å²) in [6.45, 7) is 7.04. The molecule has 1 saturated carbocycles. The summed E-state index contributed by atoms with van der Waals surface area (Å²) in [5, 5.41) is 21.5. The van der Waals surface area contributed by atoms with Crippen molar-refractivity contribution in [3.05, 3.63) is 23.9 Å². The number of hydrogen-bond donors (Lipinski definition) is 3. The average molecular weight is 482 g/mol. The number of likely N-dealkylation sites (tertiary alicyclic amines) is 1. The first kappa shape index (κ1) is 23.6. The number of aromatic nitrogens is 2. The van der Waals surface area contributed by atoms with Crippen LogP contribution in [0.25, 0.3) is 10.9 Å². The van der Waals surface area contributed by atoms with Gasteiger partial charge in [-0.3, -0.25) is 19.6 Å². The molecule has 2 saturated heterocycles. The summed E-state index contributed by atoms with van der Waals surface area (Å²) in [5.74, 6) is -0.155. The summed E-state index contributed by atoms with van der Waals surface area (Å²) < 4.78 is 1.80. The van der Waals surface area contributed by atoms with E-state index in [4.69, 9.17) is 0 Å². The standard InChI is InChI=1S/C26H35N5O4/c1-26(2,3)23-17-7-5-15(11-14(17)13-31(23)25(34)35)27-16-6-8-18-20(12-16)30(4)29-22(18)19-9-10-21(32)28-24(19)33/h6,8,12,14-15,17,19,23,27H,5,7,9-11,13H2,1-4H3,(H,34,35)(H,28,32,33). The molecule has 1 aromatic carbocycles. The number of carbonyl (C=O) groups excluding carboxylic acids is 2. The molecule has 1 aromatic heterocycles. The van der Waals surface area contributed by atoms with Crippen LogP contribution in [-0.2, 0) is 16.6 Å². The molecule has 3 fully saturated rings. The molecule has 3 N–H and O–H groups in total. The van der Waals surface area contributed by atoms with E-state index in [0.29, 0.717) is 36.9 Å². The van der Waals surface area contributed by atoms with Gasteiger partial charge in [0, 0.05) is 43.2 Å². The highest BCUT2D eigenvalue weighted by atomic mass is 16.4. The minimum atomic E-state index is -0.808. The van der Waals surface area contributed by atoms with Crippen LogP contribution >= 0.6 is 0 Å². The minimum Gasteiger partial charge on any atom is -0.465 e. The van der Waals surface area contributed by atoms with Crippen molar-refractivity contribution in [3.63, 3.8) is 0 Å². The van der Waals surface area contributed by atoms with Gasteiger partial charge in [-0.2, -0.15) is 5.10 Å². The Balaban J connectivity index is 1.32. The Labute approximate surface area is 205 Å². The maximum Gasteiger partial charge on any atom is 0.407 e. The number of aryl methyl sites for hydroxylation is 1. The summed E-state index contributed by atoms with van der Waals surface area (Å²) in [4.78, 5) is 37.6. The lowest BCUT2D eigenvalue weighted by atomic mass is 9.70. The molecule has 0 spiro atoms. The van der Waals surface area contributed by atoms with E-state index >= 15 is 0 Å². The topological polar surface area (TPSA) is 117 Å². The molecule has 3 aliphatic rings. The zero-order valence-corrected chi connectivity index (χ0v) is 20.9. The van der Waals surface area contributed by atoms with Gasteiger partial charge >= 0.3 is 6.09 Å². The number of imide groups is 1. The maximum atomic E-state index is 12.4. The van der Waals surface area contributed by atoms with E-state index in [0.717, 1.165) is 35.9 Å². The second-order valence-electron chi connectivity index (χ2n) is 11.6. The van der Waals surface area contributed by atoms with Gasteiger partial charge in [0.25, 0.3) is 0 Å². The van der Waals surface area contributed by atoms with Crippen molar-refractivity contribution in [1.82, 2.24) is 20.0 Å². The summed E-state index contributed by atoms with van der Waals surface area (Å²) in [6, 6.07) is 6.45. The van der Waals surface area contributed by atoms with Crippen molar-refractivity contribution < 1.29 is 19.5 Å². The first-order valence-electron chi connectivity index (χ1n) is 12.6. The van der Waals surface area contributed by atoms with E-state index in [9.17, 15) is 19.5 Å². The van der Waals surface area contributed by atoms with Crippen molar-refractivity contribution in [3.8, 4) is 0 Å². The molecule has 0 radical (unpaired) electrons. The van der Waals surface area contributed by atoms with Crippen LogP contribution in [0.15, 0.2) is 18.2 Å². The third-order valence-corrected chi connectivity index (χ3v) is 8.17. The van der Waals surface area contributed by atoms with Crippen molar-refractivity contribution in [1.29, 1.82) is 0 Å². The van der Waals surface area contributed by atoms with Crippen LogP contribution in [0.5, 0.6) is 0 Å². The Morgan fingerprint density at radius 2 is 1.97 bits per heavy atom. The number of hydrogen-bond acceptors (Lipinski definition) is 5. The van der Waals surface area contributed by atoms with Crippen molar-refractivity contribution in [2.24, 2.45) is 24.3 Å². The highest BCUT2D eigenvalue weighted by Gasteiger charge is 2.50. The van der Waals surface area contributed by atoms with Crippen LogP contribution in [0.2, 0.25) is 0 Å². The number of rotatable bonds is 3. The molecule has 35 heavy (non-hydrogen) atoms. The molecule has 3 amide bonds. The quantitative estimate of drug-likeness (QED) is 0.576. The molecular formula is C26H35N5O4. The molecule has 9 heteroatoms. The van der Waals surface area contributed by atoms with Gasteiger partial charge in [-0.1, -0.05) is 20.8 Å². The number of fused-ring (bicyclic) bond motifs is 2. The Bertz CT molecular complexity index is 1180. The van der Waals surface area contributed by atoms with E-state index < -0.39 is 12.0 Å². The van der Waals surface area contributed by atoms with Crippen molar-refractivity contribution >= 4 is 34.5 Å². The molecule has 5 unspecified atom stereocenters. The normalized spacial score (nSPS) is 29.3. The highest BCUT2D eigenvalue weighted by Crippen LogP contribution is 2.47. The monoisotopic (exact) mass is 481 g/mol. The van der Waals surface area contributed by atoms with Crippen molar-refractivity contribution in [2.75, 3.05) is 11.9 Å². The molecule has 2 aliphatic heterocycles. The molecule has 1 aliphatic carbocycles. The van der Waals surface area contributed by atoms with Gasteiger partial charge in [0.2, 0.25) is 11.8 Å². The summed E-state index contributed by atoms with van der Waals surface area (Å²) in [5.41, 5.74) is 2.57. The SMILES string of the molecule is Cn1nc(C2CCC(=O)NC2=O)c2ccc(NC3CCC4C(C3)CN(C(=O)O)C4C(C)(C)C)cc21. The molecule has 5 atom stereocenters. The van der Waals surface area contributed by atoms with Gasteiger partial charge in [-0.25, -0.2) is 4.79 Å². The zero-order chi connectivity index (χ0) is 25.1. The average Bonchev–Trinajstić information content (AvgIpc) is 3.32. The third kappa shape index (κ3) is 4.25. The lowest BCUT2D eigenvalue weighted by molar-refractivity contribution is -0.134. The fourth-order valence-corrected chi connectivity index (χ4v) is 6.77. The number of carboxylic acid groups (broad SMARTS) is 1. The smallest absolute Gasteiger partial charge is 0.407 e. The number of nitrogens with zero attached hydrogens (tertiary/aromatic N) is 3. The van der Waals surface area contributed by atoms with Crippen LogP contribution < -0.4 is 10.6 Å². The first-order valence-corrected chi connectivity index (χ1v) is 12.6. The highest BCUT2D eigenvalue weighted by molar-refractivity contribution is 6.02. The summed E-state index contributed by atoms with van der Waals surface area (Å²) in [6.07, 6.45) is 2.97. The number of benzene rings is 1. The van der Waals surface area contributed by atoms with Crippen molar-refractivity contribution in [2.45, 2.75) is 70.9 Å². The van der Waals surface area contributed by atoms with E-state index in [-0.39, 0.29) is 29.3 Å². The van der Waals surface area contributed by atoms with Gasteiger partial charge in [-0.15, -0.1) is 0 Å². The molecule has 2 aromatic rings. The Hall–Kier alpha value is -3.10. The number of piperidine rings is 1. The Kier molecular flexibility index (Phi) is 5.76. The number of carbonyl (C=O) groups is 3.